The summed E-state index contributed by atoms with van der Waals surface area (Å²) in [4.78, 5) is 25.1. The maximum atomic E-state index is 17.0. The van der Waals surface area contributed by atoms with Crippen molar-refractivity contribution in [2.75, 3.05) is 7.11 Å². The van der Waals surface area contributed by atoms with Gasteiger partial charge in [0.25, 0.3) is 0 Å². The highest BCUT2D eigenvalue weighted by Gasteiger charge is 2.77. The standard InChI is InChI=1S/C24H29F2NO5/c1-12-7-14-15-9-17(25)16-8-13(28)5-6-21(16,2)23(15,26)19(29)10-22(14,3)24(12,31)20(30)18(11-27)32-4/h5-6,8,12,14-15,17-19,29,31H,7,9-10H2,1-4H3/t12-,14+,15+,17+,18?,19+,21+,22+,23+,24+/m1/s1. The van der Waals surface area contributed by atoms with E-state index in [1.165, 1.54) is 26.2 Å². The molecule has 0 saturated heterocycles. The molecule has 3 fully saturated rings. The lowest BCUT2D eigenvalue weighted by Crippen LogP contribution is -2.71. The lowest BCUT2D eigenvalue weighted by Gasteiger charge is -2.63. The molecule has 8 heteroatoms. The van der Waals surface area contributed by atoms with Crippen molar-refractivity contribution in [2.45, 2.75) is 69.7 Å². The van der Waals surface area contributed by atoms with E-state index >= 15 is 8.78 Å². The molecule has 4 aliphatic rings. The van der Waals surface area contributed by atoms with Gasteiger partial charge in [-0.15, -0.1) is 0 Å². The van der Waals surface area contributed by atoms with E-state index in [-0.39, 0.29) is 24.8 Å². The Morgan fingerprint density at radius 3 is 2.59 bits per heavy atom. The number of allylic oxidation sites excluding steroid dienone is 4. The minimum absolute atomic E-state index is 0.0210. The number of nitriles is 1. The van der Waals surface area contributed by atoms with Gasteiger partial charge in [0, 0.05) is 23.9 Å². The number of carbonyl (C=O) groups is 2. The summed E-state index contributed by atoms with van der Waals surface area (Å²) in [6.45, 7) is 4.77. The SMILES string of the molecule is COC(C#N)C(=O)[C@@]1(O)[C@H](C)C[C@H]2[C@@H]3C[C@H](F)C4=CC(=O)C=C[C@]4(C)[C@@]3(F)[C@@H](O)C[C@@]21C. The molecule has 0 aliphatic heterocycles. The van der Waals surface area contributed by atoms with Gasteiger partial charge in [-0.2, -0.15) is 5.26 Å². The fraction of sp³-hybridized carbons (Fsp3) is 0.708. The predicted molar refractivity (Wildman–Crippen MR) is 110 cm³/mol. The maximum absolute atomic E-state index is 17.0. The summed E-state index contributed by atoms with van der Waals surface area (Å²) in [5.41, 5.74) is -7.13. The van der Waals surface area contributed by atoms with Crippen LogP contribution < -0.4 is 0 Å². The smallest absolute Gasteiger partial charge is 0.208 e. The van der Waals surface area contributed by atoms with E-state index in [2.05, 4.69) is 0 Å². The van der Waals surface area contributed by atoms with Crippen LogP contribution in [-0.2, 0) is 14.3 Å². The molecule has 0 amide bonds. The van der Waals surface area contributed by atoms with E-state index in [0.717, 1.165) is 6.08 Å². The summed E-state index contributed by atoms with van der Waals surface area (Å²) in [6, 6.07) is 1.74. The number of nitrogens with zero attached hydrogens (tertiary/aromatic N) is 1. The van der Waals surface area contributed by atoms with Crippen LogP contribution in [0.25, 0.3) is 0 Å². The van der Waals surface area contributed by atoms with Crippen molar-refractivity contribution >= 4 is 11.6 Å². The van der Waals surface area contributed by atoms with Crippen LogP contribution in [0.4, 0.5) is 8.78 Å². The summed E-state index contributed by atoms with van der Waals surface area (Å²) < 4.78 is 37.4. The highest BCUT2D eigenvalue weighted by Crippen LogP contribution is 2.71. The number of aliphatic hydroxyl groups excluding tert-OH is 1. The number of ketones is 2. The third kappa shape index (κ3) is 2.48. The number of halogens is 2. The van der Waals surface area contributed by atoms with Crippen molar-refractivity contribution in [3.63, 3.8) is 0 Å². The van der Waals surface area contributed by atoms with Gasteiger partial charge in [-0.3, -0.25) is 9.59 Å². The second-order valence-electron chi connectivity index (χ2n) is 10.4. The summed E-state index contributed by atoms with van der Waals surface area (Å²) >= 11 is 0. The van der Waals surface area contributed by atoms with Crippen molar-refractivity contribution in [1.29, 1.82) is 5.26 Å². The van der Waals surface area contributed by atoms with Crippen LogP contribution in [0.5, 0.6) is 0 Å². The lowest BCUT2D eigenvalue weighted by molar-refractivity contribution is -0.224. The topological polar surface area (TPSA) is 108 Å². The molecule has 4 aliphatic carbocycles. The number of methoxy groups -OCH3 is 1. The summed E-state index contributed by atoms with van der Waals surface area (Å²) in [5.74, 6) is -3.52. The molecule has 10 atom stereocenters. The quantitative estimate of drug-likeness (QED) is 0.685. The number of aliphatic hydroxyl groups is 2. The molecule has 2 N–H and O–H groups in total. The van der Waals surface area contributed by atoms with Gasteiger partial charge in [-0.05, 0) is 55.7 Å². The van der Waals surface area contributed by atoms with Crippen molar-refractivity contribution in [1.82, 2.24) is 0 Å². The number of Topliss-reactive ketones (excluding diaryl/α,β-unsaturated/α-hetero) is 1. The van der Waals surface area contributed by atoms with Crippen molar-refractivity contribution in [3.05, 3.63) is 23.8 Å². The Kier molecular flexibility index (Phi) is 5.10. The molecule has 174 valence electrons. The summed E-state index contributed by atoms with van der Waals surface area (Å²) in [6.07, 6.45) is -1.34. The monoisotopic (exact) mass is 449 g/mol. The Labute approximate surface area is 185 Å². The van der Waals surface area contributed by atoms with Gasteiger partial charge in [0.05, 0.1) is 6.10 Å². The Morgan fingerprint density at radius 2 is 2.00 bits per heavy atom. The molecule has 32 heavy (non-hydrogen) atoms. The van der Waals surface area contributed by atoms with Gasteiger partial charge in [-0.25, -0.2) is 8.78 Å². The van der Waals surface area contributed by atoms with Gasteiger partial charge < -0.3 is 14.9 Å². The minimum atomic E-state index is -2.29. The fourth-order valence-corrected chi connectivity index (χ4v) is 7.48. The van der Waals surface area contributed by atoms with E-state index in [1.807, 2.05) is 0 Å². The fourth-order valence-electron chi connectivity index (χ4n) is 7.48. The molecular weight excluding hydrogens is 420 g/mol. The average molecular weight is 449 g/mol. The number of ether oxygens (including phenoxy) is 1. The van der Waals surface area contributed by atoms with Gasteiger partial charge in [0.2, 0.25) is 11.9 Å². The van der Waals surface area contributed by atoms with Gasteiger partial charge in [0.15, 0.2) is 11.5 Å². The Bertz CT molecular complexity index is 974. The molecule has 0 bridgehead atoms. The first-order valence-electron chi connectivity index (χ1n) is 11.0. The first-order chi connectivity index (χ1) is 14.8. The Morgan fingerprint density at radius 1 is 1.34 bits per heavy atom. The van der Waals surface area contributed by atoms with E-state index in [9.17, 15) is 25.1 Å². The third-order valence-electron chi connectivity index (χ3n) is 9.18. The first-order valence-corrected chi connectivity index (χ1v) is 11.0. The maximum Gasteiger partial charge on any atom is 0.208 e. The van der Waals surface area contributed by atoms with Crippen LogP contribution in [0.1, 0.15) is 40.0 Å². The molecule has 3 saturated carbocycles. The molecular formula is C24H29F2NO5. The van der Waals surface area contributed by atoms with E-state index < -0.39 is 69.8 Å². The summed E-state index contributed by atoms with van der Waals surface area (Å²) in [5, 5.41) is 32.3. The van der Waals surface area contributed by atoms with Gasteiger partial charge in [0.1, 0.15) is 17.8 Å². The Hall–Kier alpha value is -1.95. The van der Waals surface area contributed by atoms with Crippen LogP contribution in [0.3, 0.4) is 0 Å². The third-order valence-corrected chi connectivity index (χ3v) is 9.18. The van der Waals surface area contributed by atoms with Crippen molar-refractivity contribution in [2.24, 2.45) is 28.6 Å². The molecule has 0 radical (unpaired) electrons. The zero-order valence-corrected chi connectivity index (χ0v) is 18.6. The Balaban J connectivity index is 1.85. The average Bonchev–Trinajstić information content (AvgIpc) is 2.94. The number of alkyl halides is 2. The lowest BCUT2D eigenvalue weighted by atomic mass is 9.44. The second kappa shape index (κ2) is 7.02. The normalized spacial score (nSPS) is 50.5. The van der Waals surface area contributed by atoms with E-state index in [1.54, 1.807) is 19.9 Å². The number of rotatable bonds is 3. The number of fused-ring (bicyclic) bond motifs is 5. The van der Waals surface area contributed by atoms with Crippen LogP contribution in [0.15, 0.2) is 23.8 Å². The number of hydrogen-bond acceptors (Lipinski definition) is 6. The molecule has 0 aromatic rings. The van der Waals surface area contributed by atoms with Crippen LogP contribution in [-0.4, -0.2) is 58.5 Å². The minimum Gasteiger partial charge on any atom is -0.390 e. The first kappa shape index (κ1) is 23.2. The van der Waals surface area contributed by atoms with Crippen LogP contribution in [0.2, 0.25) is 0 Å². The van der Waals surface area contributed by atoms with Crippen LogP contribution >= 0.6 is 0 Å². The van der Waals surface area contributed by atoms with E-state index in [4.69, 9.17) is 4.74 Å². The van der Waals surface area contributed by atoms with Crippen LogP contribution in [0, 0.1) is 39.9 Å². The highest BCUT2D eigenvalue weighted by molar-refractivity contribution is 6.01. The second-order valence-corrected chi connectivity index (χ2v) is 10.4. The summed E-state index contributed by atoms with van der Waals surface area (Å²) in [7, 11) is 1.19. The zero-order chi connectivity index (χ0) is 23.9. The van der Waals surface area contributed by atoms with Gasteiger partial charge >= 0.3 is 0 Å². The molecule has 6 nitrogen and oxygen atoms in total. The van der Waals surface area contributed by atoms with Crippen molar-refractivity contribution in [3.8, 4) is 6.07 Å². The molecule has 0 aromatic carbocycles. The zero-order valence-electron chi connectivity index (χ0n) is 18.6. The molecule has 0 aromatic heterocycles. The molecule has 0 spiro atoms. The largest absolute Gasteiger partial charge is 0.390 e. The van der Waals surface area contributed by atoms with Crippen molar-refractivity contribution < 1.29 is 33.3 Å². The molecule has 4 rings (SSSR count). The van der Waals surface area contributed by atoms with Gasteiger partial charge in [-0.1, -0.05) is 19.9 Å². The molecule has 0 heterocycles. The predicted octanol–water partition coefficient (Wildman–Crippen LogP) is 2.39. The van der Waals surface area contributed by atoms with E-state index in [0.29, 0.717) is 0 Å². The highest BCUT2D eigenvalue weighted by atomic mass is 19.1. The number of carbonyl (C=O) groups excluding carboxylic acids is 2. The molecule has 1 unspecified atom stereocenters. The number of hydrogen-bond donors (Lipinski definition) is 2.